The van der Waals surface area contributed by atoms with Gasteiger partial charge in [0.1, 0.15) is 0 Å². The van der Waals surface area contributed by atoms with E-state index >= 15 is 0 Å². The summed E-state index contributed by atoms with van der Waals surface area (Å²) in [6.45, 7) is 1.99. The van der Waals surface area contributed by atoms with E-state index in [2.05, 4.69) is 10.5 Å². The van der Waals surface area contributed by atoms with Crippen molar-refractivity contribution in [1.29, 1.82) is 0 Å². The zero-order valence-electron chi connectivity index (χ0n) is 16.7. The Morgan fingerprint density at radius 1 is 1.10 bits per heavy atom. The predicted molar refractivity (Wildman–Crippen MR) is 112 cm³/mol. The first-order chi connectivity index (χ1) is 14.4. The van der Waals surface area contributed by atoms with Crippen LogP contribution >= 0.6 is 11.6 Å². The van der Waals surface area contributed by atoms with Crippen LogP contribution in [0.2, 0.25) is 5.02 Å². The number of hydrogen-bond acceptors (Lipinski definition) is 7. The number of primary amides is 1. The van der Waals surface area contributed by atoms with Crippen LogP contribution in [0.4, 0.5) is 0 Å². The van der Waals surface area contributed by atoms with E-state index in [0.29, 0.717) is 29.2 Å². The number of hydrogen-bond donors (Lipinski definition) is 2. The molecule has 0 spiro atoms. The minimum absolute atomic E-state index is 0.181. The first-order valence-electron chi connectivity index (χ1n) is 8.82. The summed E-state index contributed by atoms with van der Waals surface area (Å²) in [5.74, 6) is 0.366. The summed E-state index contributed by atoms with van der Waals surface area (Å²) in [7, 11) is 2.91. The van der Waals surface area contributed by atoms with E-state index in [1.807, 2.05) is 6.92 Å². The Bertz CT molecular complexity index is 948. The van der Waals surface area contributed by atoms with Crippen molar-refractivity contribution in [2.24, 2.45) is 10.8 Å². The molecule has 3 N–H and O–H groups in total. The number of carbonyl (C=O) groups excluding carboxylic acids is 2. The Kier molecular flexibility index (Phi) is 8.30. The van der Waals surface area contributed by atoms with Crippen molar-refractivity contribution < 1.29 is 28.5 Å². The minimum atomic E-state index is -0.646. The van der Waals surface area contributed by atoms with E-state index in [9.17, 15) is 9.59 Å². The first kappa shape index (κ1) is 22.8. The fourth-order valence-corrected chi connectivity index (χ4v) is 2.68. The fourth-order valence-electron chi connectivity index (χ4n) is 2.41. The number of amides is 2. The molecule has 0 fully saturated rings. The molecular weight excluding hydrogens is 414 g/mol. The van der Waals surface area contributed by atoms with Gasteiger partial charge in [-0.25, -0.2) is 5.43 Å². The zero-order valence-corrected chi connectivity index (χ0v) is 17.5. The molecule has 0 aliphatic carbocycles. The molecule has 0 heterocycles. The van der Waals surface area contributed by atoms with Crippen molar-refractivity contribution in [1.82, 2.24) is 5.43 Å². The van der Waals surface area contributed by atoms with Gasteiger partial charge in [0.2, 0.25) is 0 Å². The Hall–Kier alpha value is -3.46. The second-order valence-electron chi connectivity index (χ2n) is 5.79. The molecule has 0 atom stereocenters. The average Bonchev–Trinajstić information content (AvgIpc) is 2.72. The number of methoxy groups -OCH3 is 2. The number of nitrogens with zero attached hydrogens (tertiary/aromatic N) is 1. The second-order valence-corrected chi connectivity index (χ2v) is 6.19. The van der Waals surface area contributed by atoms with Gasteiger partial charge in [-0.15, -0.1) is 0 Å². The molecule has 0 aliphatic heterocycles. The molecule has 0 saturated heterocycles. The third kappa shape index (κ3) is 6.02. The van der Waals surface area contributed by atoms with E-state index in [1.54, 1.807) is 24.3 Å². The van der Waals surface area contributed by atoms with Gasteiger partial charge in [0.15, 0.2) is 29.6 Å². The van der Waals surface area contributed by atoms with Crippen LogP contribution in [0.3, 0.4) is 0 Å². The third-order valence-corrected chi connectivity index (χ3v) is 4.00. The van der Waals surface area contributed by atoms with Crippen LogP contribution in [0.1, 0.15) is 22.8 Å². The summed E-state index contributed by atoms with van der Waals surface area (Å²) >= 11 is 6.18. The van der Waals surface area contributed by atoms with Crippen molar-refractivity contribution in [2.45, 2.75) is 6.92 Å². The molecule has 2 amide bonds. The second kappa shape index (κ2) is 10.9. The topological polar surface area (TPSA) is 121 Å². The maximum atomic E-state index is 12.3. The van der Waals surface area contributed by atoms with E-state index in [0.717, 1.165) is 0 Å². The summed E-state index contributed by atoms with van der Waals surface area (Å²) in [5, 5.41) is 4.12. The number of nitrogens with one attached hydrogen (secondary N) is 1. The summed E-state index contributed by atoms with van der Waals surface area (Å²) in [6, 6.07) is 7.92. The molecule has 2 aromatic carbocycles. The Balaban J connectivity index is 2.11. The number of rotatable bonds is 10. The summed E-state index contributed by atoms with van der Waals surface area (Å²) < 4.78 is 21.1. The molecule has 160 valence electrons. The monoisotopic (exact) mass is 435 g/mol. The standard InChI is InChI=1S/C20H22ClN3O6/c1-4-29-15-6-5-13(9-16(15)27-2)20(26)24-23-10-12-7-14(21)19(17(8-12)28-3)30-11-18(22)25/h5-10H,4,11H2,1-3H3,(H2,22,25)(H,24,26)/b23-10+. The lowest BCUT2D eigenvalue weighted by Crippen LogP contribution is -2.20. The van der Waals surface area contributed by atoms with Crippen molar-refractivity contribution in [3.05, 3.63) is 46.5 Å². The predicted octanol–water partition coefficient (Wildman–Crippen LogP) is 2.38. The van der Waals surface area contributed by atoms with Crippen molar-refractivity contribution in [2.75, 3.05) is 27.4 Å². The molecule has 9 nitrogen and oxygen atoms in total. The zero-order chi connectivity index (χ0) is 22.1. The minimum Gasteiger partial charge on any atom is -0.493 e. The number of halogens is 1. The van der Waals surface area contributed by atoms with Gasteiger partial charge in [0, 0.05) is 5.56 Å². The number of hydrazone groups is 1. The van der Waals surface area contributed by atoms with Crippen LogP contribution in [0.15, 0.2) is 35.4 Å². The van der Waals surface area contributed by atoms with Crippen LogP contribution in [0.25, 0.3) is 0 Å². The van der Waals surface area contributed by atoms with Gasteiger partial charge in [0.25, 0.3) is 11.8 Å². The Labute approximate surface area is 178 Å². The van der Waals surface area contributed by atoms with Crippen LogP contribution in [0.5, 0.6) is 23.0 Å². The molecule has 0 aromatic heterocycles. The highest BCUT2D eigenvalue weighted by atomic mass is 35.5. The molecule has 2 aromatic rings. The SMILES string of the molecule is CCOc1ccc(C(=O)N/N=C/c2cc(Cl)c(OCC(N)=O)c(OC)c2)cc1OC. The highest BCUT2D eigenvalue weighted by Gasteiger charge is 2.13. The van der Waals surface area contributed by atoms with Gasteiger partial charge in [-0.05, 0) is 42.8 Å². The van der Waals surface area contributed by atoms with Crippen LogP contribution < -0.4 is 30.1 Å². The van der Waals surface area contributed by atoms with Crippen molar-refractivity contribution >= 4 is 29.6 Å². The first-order valence-corrected chi connectivity index (χ1v) is 9.20. The Morgan fingerprint density at radius 2 is 1.83 bits per heavy atom. The molecule has 0 saturated carbocycles. The Morgan fingerprint density at radius 3 is 2.47 bits per heavy atom. The molecular formula is C20H22ClN3O6. The summed E-state index contributed by atoms with van der Waals surface area (Å²) in [4.78, 5) is 23.2. The fraction of sp³-hybridized carbons (Fsp3) is 0.250. The van der Waals surface area contributed by atoms with E-state index in [-0.39, 0.29) is 23.1 Å². The van der Waals surface area contributed by atoms with E-state index in [1.165, 1.54) is 26.5 Å². The van der Waals surface area contributed by atoms with Gasteiger partial charge in [0.05, 0.1) is 32.1 Å². The largest absolute Gasteiger partial charge is 0.493 e. The van der Waals surface area contributed by atoms with Gasteiger partial charge < -0.3 is 24.7 Å². The van der Waals surface area contributed by atoms with Crippen LogP contribution in [0, 0.1) is 0 Å². The average molecular weight is 436 g/mol. The maximum absolute atomic E-state index is 12.3. The van der Waals surface area contributed by atoms with Gasteiger partial charge in [-0.2, -0.15) is 5.10 Å². The lowest BCUT2D eigenvalue weighted by atomic mass is 10.2. The summed E-state index contributed by atoms with van der Waals surface area (Å²) in [6.07, 6.45) is 1.38. The van der Waals surface area contributed by atoms with Crippen LogP contribution in [-0.2, 0) is 4.79 Å². The highest BCUT2D eigenvalue weighted by Crippen LogP contribution is 2.36. The van der Waals surface area contributed by atoms with Gasteiger partial charge in [-0.1, -0.05) is 11.6 Å². The van der Waals surface area contributed by atoms with E-state index < -0.39 is 11.8 Å². The van der Waals surface area contributed by atoms with Gasteiger partial charge in [-0.3, -0.25) is 9.59 Å². The number of benzene rings is 2. The lowest BCUT2D eigenvalue weighted by molar-refractivity contribution is -0.119. The highest BCUT2D eigenvalue weighted by molar-refractivity contribution is 6.32. The van der Waals surface area contributed by atoms with E-state index in [4.69, 9.17) is 36.3 Å². The molecule has 2 rings (SSSR count). The number of nitrogens with two attached hydrogens (primary N) is 1. The number of ether oxygens (including phenoxy) is 4. The lowest BCUT2D eigenvalue weighted by Gasteiger charge is -2.12. The smallest absolute Gasteiger partial charge is 0.271 e. The third-order valence-electron chi connectivity index (χ3n) is 3.72. The summed E-state index contributed by atoms with van der Waals surface area (Å²) in [5.41, 5.74) is 8.37. The molecule has 0 bridgehead atoms. The van der Waals surface area contributed by atoms with Crippen molar-refractivity contribution in [3.8, 4) is 23.0 Å². The number of carbonyl (C=O) groups is 2. The quantitative estimate of drug-likeness (QED) is 0.436. The molecule has 0 aliphatic rings. The van der Waals surface area contributed by atoms with Gasteiger partial charge >= 0.3 is 0 Å². The molecule has 10 heteroatoms. The van der Waals surface area contributed by atoms with Crippen molar-refractivity contribution in [3.63, 3.8) is 0 Å². The molecule has 30 heavy (non-hydrogen) atoms. The molecule has 0 radical (unpaired) electrons. The maximum Gasteiger partial charge on any atom is 0.271 e. The molecule has 0 unspecified atom stereocenters. The van der Waals surface area contributed by atoms with Crippen LogP contribution in [-0.4, -0.2) is 45.5 Å². The normalized spacial score (nSPS) is 10.5.